The van der Waals surface area contributed by atoms with Gasteiger partial charge in [-0.2, -0.15) is 9.66 Å². The van der Waals surface area contributed by atoms with Crippen LogP contribution in [0.4, 0.5) is 0 Å². The van der Waals surface area contributed by atoms with Gasteiger partial charge in [0.25, 0.3) is 0 Å². The Balaban J connectivity index is 4.80. The number of hydrogen-bond donors (Lipinski definition) is 0. The SMILES string of the molecule is C[Si](C)(C)N(S/N=C(/Cl)C#N)[Si](C)(C)C. The maximum atomic E-state index is 8.53. The van der Waals surface area contributed by atoms with Crippen LogP contribution in [0.25, 0.3) is 0 Å². The molecule has 0 spiro atoms. The highest BCUT2D eigenvalue weighted by atomic mass is 35.5. The molecule has 0 aliphatic rings. The van der Waals surface area contributed by atoms with Crippen molar-refractivity contribution in [2.45, 2.75) is 39.3 Å². The Morgan fingerprint density at radius 1 is 1.20 bits per heavy atom. The lowest BCUT2D eigenvalue weighted by Gasteiger charge is -2.40. The molecule has 0 bridgehead atoms. The Kier molecular flexibility index (Phi) is 5.57. The van der Waals surface area contributed by atoms with E-state index in [0.717, 1.165) is 0 Å². The molecule has 0 N–H and O–H groups in total. The van der Waals surface area contributed by atoms with Crippen LogP contribution in [0.15, 0.2) is 4.40 Å². The third kappa shape index (κ3) is 5.73. The molecule has 0 aliphatic heterocycles. The molecule has 0 atom stereocenters. The summed E-state index contributed by atoms with van der Waals surface area (Å²) in [5.74, 6) is 0. The van der Waals surface area contributed by atoms with Crippen molar-refractivity contribution in [3.05, 3.63) is 0 Å². The Bertz CT molecular complexity index is 274. The van der Waals surface area contributed by atoms with E-state index >= 15 is 0 Å². The molecule has 0 fully saturated rings. The summed E-state index contributed by atoms with van der Waals surface area (Å²) in [6.45, 7) is 13.6. The average Bonchev–Trinajstić information content (AvgIpc) is 1.99. The standard InChI is InChI=1S/C8H18ClN3SSi2/c1-14(2,3)12(15(4,5)6)13-11-8(9)7-10/h1-6H3/b11-8+. The Morgan fingerprint density at radius 3 is 1.87 bits per heavy atom. The van der Waals surface area contributed by atoms with E-state index in [9.17, 15) is 0 Å². The second kappa shape index (κ2) is 5.50. The van der Waals surface area contributed by atoms with Gasteiger partial charge >= 0.3 is 0 Å². The minimum atomic E-state index is -1.42. The highest BCUT2D eigenvalue weighted by Crippen LogP contribution is 2.29. The molecule has 0 aromatic carbocycles. The second-order valence-corrected chi connectivity index (χ2v) is 17.0. The van der Waals surface area contributed by atoms with Crippen LogP contribution >= 0.6 is 23.7 Å². The third-order valence-electron chi connectivity index (χ3n) is 1.51. The first-order valence-electron chi connectivity index (χ1n) is 4.70. The number of halogens is 1. The maximum Gasteiger partial charge on any atom is 0.215 e. The number of rotatable bonds is 4. The highest BCUT2D eigenvalue weighted by Gasteiger charge is 2.35. The normalized spacial score (nSPS) is 14.2. The smallest absolute Gasteiger partial charge is 0.215 e. The maximum absolute atomic E-state index is 8.53. The molecule has 0 heterocycles. The lowest BCUT2D eigenvalue weighted by molar-refractivity contribution is 1.000. The van der Waals surface area contributed by atoms with Crippen molar-refractivity contribution in [1.82, 2.24) is 3.64 Å². The van der Waals surface area contributed by atoms with E-state index < -0.39 is 16.5 Å². The molecule has 0 radical (unpaired) electrons. The largest absolute Gasteiger partial charge is 0.274 e. The van der Waals surface area contributed by atoms with Crippen LogP contribution in [-0.2, 0) is 0 Å². The topological polar surface area (TPSA) is 39.4 Å². The summed E-state index contributed by atoms with van der Waals surface area (Å²) >= 11 is 6.94. The van der Waals surface area contributed by atoms with Crippen molar-refractivity contribution in [1.29, 1.82) is 5.26 Å². The van der Waals surface area contributed by atoms with Gasteiger partial charge in [0.15, 0.2) is 0 Å². The summed E-state index contributed by atoms with van der Waals surface area (Å²) < 4.78 is 6.40. The van der Waals surface area contributed by atoms with E-state index in [2.05, 4.69) is 47.3 Å². The molecule has 15 heavy (non-hydrogen) atoms. The van der Waals surface area contributed by atoms with Gasteiger partial charge in [-0.3, -0.25) is 3.64 Å². The van der Waals surface area contributed by atoms with Gasteiger partial charge in [-0.1, -0.05) is 39.3 Å². The molecule has 0 aromatic rings. The monoisotopic (exact) mass is 279 g/mol. The number of nitriles is 1. The van der Waals surface area contributed by atoms with Gasteiger partial charge in [-0.25, -0.2) is 0 Å². The molecular weight excluding hydrogens is 262 g/mol. The van der Waals surface area contributed by atoms with Crippen LogP contribution in [-0.4, -0.2) is 25.3 Å². The minimum Gasteiger partial charge on any atom is -0.274 e. The number of nitrogens with zero attached hydrogens (tertiary/aromatic N) is 3. The van der Waals surface area contributed by atoms with E-state index in [1.165, 1.54) is 12.1 Å². The average molecular weight is 280 g/mol. The zero-order chi connectivity index (χ0) is 12.3. The van der Waals surface area contributed by atoms with Gasteiger partial charge < -0.3 is 0 Å². The third-order valence-corrected chi connectivity index (χ3v) is 12.4. The van der Waals surface area contributed by atoms with Crippen LogP contribution in [0.5, 0.6) is 0 Å². The fourth-order valence-electron chi connectivity index (χ4n) is 1.35. The van der Waals surface area contributed by atoms with Gasteiger partial charge in [0.1, 0.15) is 22.5 Å². The van der Waals surface area contributed by atoms with E-state index in [1.807, 2.05) is 6.07 Å². The Labute approximate surface area is 104 Å². The Hall–Kier alpha value is 0.194. The lowest BCUT2D eigenvalue weighted by atomic mass is 10.9. The molecule has 0 aliphatic carbocycles. The van der Waals surface area contributed by atoms with Gasteiger partial charge in [0, 0.05) is 12.1 Å². The van der Waals surface area contributed by atoms with E-state index in [0.29, 0.717) is 0 Å². The molecule has 0 unspecified atom stereocenters. The zero-order valence-electron chi connectivity index (χ0n) is 10.1. The summed E-state index contributed by atoms with van der Waals surface area (Å²) in [5, 5.41) is 8.55. The van der Waals surface area contributed by atoms with Crippen LogP contribution in [0.2, 0.25) is 39.3 Å². The zero-order valence-corrected chi connectivity index (χ0v) is 13.7. The predicted octanol–water partition coefficient (Wildman–Crippen LogP) is 3.68. The van der Waals surface area contributed by atoms with Crippen molar-refractivity contribution >= 4 is 45.4 Å². The Morgan fingerprint density at radius 2 is 1.60 bits per heavy atom. The molecular formula is C8H18ClN3SSi2. The van der Waals surface area contributed by atoms with E-state index in [-0.39, 0.29) is 5.17 Å². The van der Waals surface area contributed by atoms with Crippen LogP contribution < -0.4 is 0 Å². The second-order valence-electron chi connectivity index (χ2n) is 5.21. The van der Waals surface area contributed by atoms with Crippen molar-refractivity contribution in [2.75, 3.05) is 0 Å². The number of hydrogen-bond acceptors (Lipinski definition) is 4. The fraction of sp³-hybridized carbons (Fsp3) is 0.750. The molecule has 0 saturated heterocycles. The highest BCUT2D eigenvalue weighted by molar-refractivity contribution is 7.98. The summed E-state index contributed by atoms with van der Waals surface area (Å²) in [4.78, 5) is 0. The van der Waals surface area contributed by atoms with E-state index in [4.69, 9.17) is 16.9 Å². The van der Waals surface area contributed by atoms with Crippen molar-refractivity contribution < 1.29 is 0 Å². The van der Waals surface area contributed by atoms with Gasteiger partial charge in [-0.15, -0.1) is 0 Å². The van der Waals surface area contributed by atoms with Crippen molar-refractivity contribution in [3.63, 3.8) is 0 Å². The van der Waals surface area contributed by atoms with Gasteiger partial charge in [0.2, 0.25) is 5.17 Å². The predicted molar refractivity (Wildman–Crippen MR) is 75.0 cm³/mol. The quantitative estimate of drug-likeness (QED) is 0.448. The van der Waals surface area contributed by atoms with Crippen LogP contribution in [0.1, 0.15) is 0 Å². The van der Waals surface area contributed by atoms with Crippen molar-refractivity contribution in [2.24, 2.45) is 4.40 Å². The van der Waals surface area contributed by atoms with Crippen LogP contribution in [0.3, 0.4) is 0 Å². The van der Waals surface area contributed by atoms with Gasteiger partial charge in [0.05, 0.1) is 0 Å². The van der Waals surface area contributed by atoms with E-state index in [1.54, 1.807) is 0 Å². The molecule has 3 nitrogen and oxygen atoms in total. The molecule has 86 valence electrons. The fourth-order valence-corrected chi connectivity index (χ4v) is 11.9. The molecule has 0 aromatic heterocycles. The lowest BCUT2D eigenvalue weighted by Crippen LogP contribution is -2.54. The van der Waals surface area contributed by atoms with Crippen molar-refractivity contribution in [3.8, 4) is 6.07 Å². The summed E-state index contributed by atoms with van der Waals surface area (Å²) in [5.41, 5.74) is 0. The van der Waals surface area contributed by atoms with Gasteiger partial charge in [-0.05, 0) is 11.6 Å². The minimum absolute atomic E-state index is 0.0153. The first kappa shape index (κ1) is 15.2. The molecule has 7 heteroatoms. The summed E-state index contributed by atoms with van der Waals surface area (Å²) in [6, 6.07) is 1.82. The molecule has 0 saturated carbocycles. The summed E-state index contributed by atoms with van der Waals surface area (Å²) in [6.07, 6.45) is 0. The molecule has 0 rings (SSSR count). The summed E-state index contributed by atoms with van der Waals surface area (Å²) in [7, 11) is -2.84. The first-order valence-corrected chi connectivity index (χ1v) is 12.7. The molecule has 0 amide bonds. The van der Waals surface area contributed by atoms with Crippen LogP contribution in [0, 0.1) is 11.3 Å². The first-order chi connectivity index (χ1) is 6.59.